The molecule has 1 aliphatic rings. The number of rotatable bonds is 2. The Morgan fingerprint density at radius 3 is 2.67 bits per heavy atom. The summed E-state index contributed by atoms with van der Waals surface area (Å²) in [5.41, 5.74) is 2.36. The van der Waals surface area contributed by atoms with Crippen LogP contribution in [0.1, 0.15) is 13.3 Å². The third-order valence-electron chi connectivity index (χ3n) is 2.53. The summed E-state index contributed by atoms with van der Waals surface area (Å²) in [4.78, 5) is 13.3. The van der Waals surface area contributed by atoms with Gasteiger partial charge in [-0.1, -0.05) is 0 Å². The highest BCUT2D eigenvalue weighted by Gasteiger charge is 2.25. The Labute approximate surface area is 89.8 Å². The lowest BCUT2D eigenvalue weighted by Crippen LogP contribution is -2.27. The van der Waals surface area contributed by atoms with E-state index in [0.717, 1.165) is 11.3 Å². The molecule has 4 nitrogen and oxygen atoms in total. The Bertz CT molecular complexity index is 329. The predicted octanol–water partition coefficient (Wildman–Crippen LogP) is 0.686. The first-order valence-electron chi connectivity index (χ1n) is 4.82. The molecule has 0 spiro atoms. The summed E-state index contributed by atoms with van der Waals surface area (Å²) in [6.45, 7) is 1.92. The minimum atomic E-state index is -0.765. The number of carbonyl (C=O) groups is 1. The molecule has 0 saturated carbocycles. The molecule has 84 valence electrons. The van der Waals surface area contributed by atoms with Gasteiger partial charge in [-0.05, 0) is 18.6 Å². The number of hydrogen-bond acceptors (Lipinski definition) is 4. The lowest BCUT2D eigenvalue weighted by molar-refractivity contribution is -0.137. The smallest absolute Gasteiger partial charge is 0.336 e. The standard InChI is InChI=1S/C11H17NO3/c1-7-5-8(11(14)15-4)10(13)6-9(7)12(2)3/h5,10,13H,6H2,1-4H3. The van der Waals surface area contributed by atoms with Crippen LogP contribution < -0.4 is 0 Å². The van der Waals surface area contributed by atoms with Gasteiger partial charge in [0.1, 0.15) is 0 Å². The summed E-state index contributed by atoms with van der Waals surface area (Å²) in [5.74, 6) is -0.459. The van der Waals surface area contributed by atoms with Crippen LogP contribution in [0.3, 0.4) is 0 Å². The van der Waals surface area contributed by atoms with Gasteiger partial charge in [0.15, 0.2) is 0 Å². The van der Waals surface area contributed by atoms with Crippen molar-refractivity contribution < 1.29 is 14.6 Å². The highest BCUT2D eigenvalue weighted by molar-refractivity contribution is 5.90. The number of aliphatic hydroxyl groups is 1. The molecule has 0 fully saturated rings. The molecule has 4 heteroatoms. The van der Waals surface area contributed by atoms with Gasteiger partial charge in [0, 0.05) is 26.2 Å². The normalized spacial score (nSPS) is 21.1. The van der Waals surface area contributed by atoms with Crippen LogP contribution in [0.5, 0.6) is 0 Å². The number of nitrogens with zero attached hydrogens (tertiary/aromatic N) is 1. The summed E-state index contributed by atoms with van der Waals surface area (Å²) in [6, 6.07) is 0. The zero-order chi connectivity index (χ0) is 11.6. The molecular weight excluding hydrogens is 194 g/mol. The van der Waals surface area contributed by atoms with Gasteiger partial charge in [-0.15, -0.1) is 0 Å². The molecule has 15 heavy (non-hydrogen) atoms. The lowest BCUT2D eigenvalue weighted by Gasteiger charge is -2.26. The molecule has 0 amide bonds. The van der Waals surface area contributed by atoms with E-state index in [2.05, 4.69) is 4.74 Å². The van der Waals surface area contributed by atoms with Crippen LogP contribution in [-0.2, 0) is 9.53 Å². The minimum Gasteiger partial charge on any atom is -0.466 e. The van der Waals surface area contributed by atoms with Gasteiger partial charge in [0.05, 0.1) is 18.8 Å². The number of esters is 1. The van der Waals surface area contributed by atoms with E-state index in [4.69, 9.17) is 0 Å². The zero-order valence-corrected chi connectivity index (χ0v) is 9.57. The van der Waals surface area contributed by atoms with Gasteiger partial charge < -0.3 is 14.7 Å². The molecule has 1 atom stereocenters. The van der Waals surface area contributed by atoms with E-state index in [-0.39, 0.29) is 0 Å². The molecule has 1 aliphatic carbocycles. The fourth-order valence-electron chi connectivity index (χ4n) is 1.71. The van der Waals surface area contributed by atoms with Crippen LogP contribution in [0, 0.1) is 0 Å². The molecule has 1 rings (SSSR count). The maximum Gasteiger partial charge on any atom is 0.336 e. The second-order valence-electron chi connectivity index (χ2n) is 3.84. The van der Waals surface area contributed by atoms with Crippen LogP contribution >= 0.6 is 0 Å². The van der Waals surface area contributed by atoms with E-state index in [1.165, 1.54) is 7.11 Å². The number of aliphatic hydroxyl groups excluding tert-OH is 1. The fraction of sp³-hybridized carbons (Fsp3) is 0.545. The number of ether oxygens (including phenoxy) is 1. The number of methoxy groups -OCH3 is 1. The quantitative estimate of drug-likeness (QED) is 0.683. The van der Waals surface area contributed by atoms with Crippen molar-refractivity contribution in [3.63, 3.8) is 0 Å². The SMILES string of the molecule is COC(=O)C1=CC(C)=C(N(C)C)CC1O. The van der Waals surface area contributed by atoms with Crippen molar-refractivity contribution in [2.75, 3.05) is 21.2 Å². The van der Waals surface area contributed by atoms with Gasteiger partial charge in [-0.25, -0.2) is 4.79 Å². The van der Waals surface area contributed by atoms with Crippen LogP contribution in [0.15, 0.2) is 22.9 Å². The highest BCUT2D eigenvalue weighted by atomic mass is 16.5. The van der Waals surface area contributed by atoms with Gasteiger partial charge in [0.25, 0.3) is 0 Å². The first-order chi connectivity index (χ1) is 6.97. The Kier molecular flexibility index (Phi) is 3.52. The maximum atomic E-state index is 11.3. The van der Waals surface area contributed by atoms with Gasteiger partial charge in [0.2, 0.25) is 0 Å². The molecule has 0 bridgehead atoms. The van der Waals surface area contributed by atoms with Crippen molar-refractivity contribution in [3.05, 3.63) is 22.9 Å². The van der Waals surface area contributed by atoms with Crippen molar-refractivity contribution in [2.45, 2.75) is 19.4 Å². The molecule has 0 heterocycles. The monoisotopic (exact) mass is 211 g/mol. The Morgan fingerprint density at radius 1 is 1.60 bits per heavy atom. The summed E-state index contributed by atoms with van der Waals surface area (Å²) in [5, 5.41) is 9.78. The van der Waals surface area contributed by atoms with Gasteiger partial charge in [-0.2, -0.15) is 0 Å². The molecule has 1 N–H and O–H groups in total. The van der Waals surface area contributed by atoms with Crippen molar-refractivity contribution in [1.82, 2.24) is 4.90 Å². The molecule has 0 radical (unpaired) electrons. The summed E-state index contributed by atoms with van der Waals surface area (Å²) < 4.78 is 4.60. The van der Waals surface area contributed by atoms with Crippen LogP contribution in [-0.4, -0.2) is 43.3 Å². The Hall–Kier alpha value is -1.29. The molecule has 0 aliphatic heterocycles. The maximum absolute atomic E-state index is 11.3. The third kappa shape index (κ3) is 2.39. The third-order valence-corrected chi connectivity index (χ3v) is 2.53. The van der Waals surface area contributed by atoms with Crippen LogP contribution in [0.25, 0.3) is 0 Å². The Morgan fingerprint density at radius 2 is 2.20 bits per heavy atom. The van der Waals surface area contributed by atoms with E-state index in [1.807, 2.05) is 25.9 Å². The van der Waals surface area contributed by atoms with Crippen molar-refractivity contribution in [3.8, 4) is 0 Å². The molecule has 0 aromatic heterocycles. The summed E-state index contributed by atoms with van der Waals surface area (Å²) in [6.07, 6.45) is 1.38. The predicted molar refractivity (Wildman–Crippen MR) is 57.1 cm³/mol. The van der Waals surface area contributed by atoms with Gasteiger partial charge in [-0.3, -0.25) is 0 Å². The Balaban J connectivity index is 3.03. The minimum absolute atomic E-state index is 0.334. The molecule has 1 unspecified atom stereocenters. The van der Waals surface area contributed by atoms with Crippen LogP contribution in [0.4, 0.5) is 0 Å². The van der Waals surface area contributed by atoms with Crippen LogP contribution in [0.2, 0.25) is 0 Å². The number of carbonyl (C=O) groups excluding carboxylic acids is 1. The second-order valence-corrected chi connectivity index (χ2v) is 3.84. The molecule has 0 aromatic carbocycles. The molecule has 0 aromatic rings. The average molecular weight is 211 g/mol. The van der Waals surface area contributed by atoms with Crippen molar-refractivity contribution >= 4 is 5.97 Å². The first-order valence-corrected chi connectivity index (χ1v) is 4.82. The topological polar surface area (TPSA) is 49.8 Å². The second kappa shape index (κ2) is 4.49. The first kappa shape index (κ1) is 11.8. The van der Waals surface area contributed by atoms with Crippen molar-refractivity contribution in [2.24, 2.45) is 0 Å². The molecular formula is C11H17NO3. The van der Waals surface area contributed by atoms with E-state index < -0.39 is 12.1 Å². The van der Waals surface area contributed by atoms with E-state index in [9.17, 15) is 9.90 Å². The zero-order valence-electron chi connectivity index (χ0n) is 9.57. The van der Waals surface area contributed by atoms with Crippen molar-refractivity contribution in [1.29, 1.82) is 0 Å². The largest absolute Gasteiger partial charge is 0.466 e. The number of hydrogen-bond donors (Lipinski definition) is 1. The molecule has 0 saturated heterocycles. The van der Waals surface area contributed by atoms with E-state index in [1.54, 1.807) is 6.08 Å². The fourth-order valence-corrected chi connectivity index (χ4v) is 1.71. The highest BCUT2D eigenvalue weighted by Crippen LogP contribution is 2.26. The summed E-state index contributed by atoms with van der Waals surface area (Å²) >= 11 is 0. The average Bonchev–Trinajstić information content (AvgIpc) is 2.19. The van der Waals surface area contributed by atoms with E-state index in [0.29, 0.717) is 12.0 Å². The van der Waals surface area contributed by atoms with E-state index >= 15 is 0 Å². The van der Waals surface area contributed by atoms with Gasteiger partial charge >= 0.3 is 5.97 Å². The number of allylic oxidation sites excluding steroid dienone is 2. The summed E-state index contributed by atoms with van der Waals surface area (Å²) in [7, 11) is 5.15. The lowest BCUT2D eigenvalue weighted by atomic mass is 9.94.